The molecule has 102 valence electrons. The van der Waals surface area contributed by atoms with Gasteiger partial charge < -0.3 is 4.42 Å². The maximum absolute atomic E-state index is 5.83. The van der Waals surface area contributed by atoms with E-state index < -0.39 is 0 Å². The van der Waals surface area contributed by atoms with Gasteiger partial charge in [0, 0.05) is 28.7 Å². The quantitative estimate of drug-likeness (QED) is 0.506. The van der Waals surface area contributed by atoms with E-state index in [0.29, 0.717) is 5.71 Å². The molecular formula is C18H14N2O. The maximum atomic E-state index is 5.83. The minimum absolute atomic E-state index is 0.678. The summed E-state index contributed by atoms with van der Waals surface area (Å²) in [7, 11) is 0. The summed E-state index contributed by atoms with van der Waals surface area (Å²) in [4.78, 5) is 8.78. The number of hydrogen-bond donors (Lipinski definition) is 0. The Kier molecular flexibility index (Phi) is 2.54. The second-order valence-corrected chi connectivity index (χ2v) is 5.32. The third kappa shape index (κ3) is 1.89. The van der Waals surface area contributed by atoms with Crippen LogP contribution in [0.3, 0.4) is 0 Å². The van der Waals surface area contributed by atoms with Gasteiger partial charge in [0.05, 0.1) is 5.69 Å². The number of aromatic nitrogens is 2. The lowest BCUT2D eigenvalue weighted by Crippen LogP contribution is -1.88. The molecule has 21 heavy (non-hydrogen) atoms. The zero-order valence-electron chi connectivity index (χ0n) is 11.9. The summed E-state index contributed by atoms with van der Waals surface area (Å²) in [5, 5.41) is 2.14. The highest BCUT2D eigenvalue weighted by molar-refractivity contribution is 6.04. The molecule has 1 aromatic carbocycles. The van der Waals surface area contributed by atoms with Crippen LogP contribution in [0, 0.1) is 13.8 Å². The van der Waals surface area contributed by atoms with Crippen molar-refractivity contribution in [1.82, 2.24) is 9.97 Å². The lowest BCUT2D eigenvalue weighted by molar-refractivity contribution is 0.654. The van der Waals surface area contributed by atoms with Crippen molar-refractivity contribution < 1.29 is 4.42 Å². The van der Waals surface area contributed by atoms with Gasteiger partial charge in [-0.25, -0.2) is 4.98 Å². The standard InChI is InChI=1S/C18H14N2O/c1-11-8-16(20-10-12(11)2)13-5-6-14-15-4-3-7-19-18(15)21-17(14)9-13/h3-10H,1-2H3. The largest absolute Gasteiger partial charge is 0.438 e. The van der Waals surface area contributed by atoms with Crippen molar-refractivity contribution in [3.05, 3.63) is 59.9 Å². The van der Waals surface area contributed by atoms with E-state index in [1.54, 1.807) is 6.20 Å². The van der Waals surface area contributed by atoms with Crippen LogP contribution in [-0.4, -0.2) is 9.97 Å². The van der Waals surface area contributed by atoms with Crippen LogP contribution in [0.4, 0.5) is 0 Å². The Morgan fingerprint density at radius 3 is 2.67 bits per heavy atom. The number of benzene rings is 1. The maximum Gasteiger partial charge on any atom is 0.227 e. The van der Waals surface area contributed by atoms with E-state index in [1.807, 2.05) is 24.4 Å². The minimum Gasteiger partial charge on any atom is -0.438 e. The van der Waals surface area contributed by atoms with E-state index >= 15 is 0 Å². The van der Waals surface area contributed by atoms with Crippen LogP contribution in [0.25, 0.3) is 33.3 Å². The predicted molar refractivity (Wildman–Crippen MR) is 84.2 cm³/mol. The molecule has 4 rings (SSSR count). The molecular weight excluding hydrogens is 260 g/mol. The molecule has 3 heteroatoms. The Bertz CT molecular complexity index is 969. The lowest BCUT2D eigenvalue weighted by Gasteiger charge is -2.04. The number of rotatable bonds is 1. The van der Waals surface area contributed by atoms with Crippen molar-refractivity contribution in [1.29, 1.82) is 0 Å². The fourth-order valence-electron chi connectivity index (χ4n) is 2.55. The molecule has 3 heterocycles. The van der Waals surface area contributed by atoms with Gasteiger partial charge in [-0.15, -0.1) is 0 Å². The Labute approximate surface area is 122 Å². The highest BCUT2D eigenvalue weighted by atomic mass is 16.3. The smallest absolute Gasteiger partial charge is 0.227 e. The summed E-state index contributed by atoms with van der Waals surface area (Å²) in [6.07, 6.45) is 3.66. The van der Waals surface area contributed by atoms with Crippen LogP contribution in [-0.2, 0) is 0 Å². The zero-order chi connectivity index (χ0) is 14.4. The van der Waals surface area contributed by atoms with Gasteiger partial charge >= 0.3 is 0 Å². The highest BCUT2D eigenvalue weighted by Gasteiger charge is 2.09. The van der Waals surface area contributed by atoms with Crippen molar-refractivity contribution >= 4 is 22.1 Å². The van der Waals surface area contributed by atoms with Gasteiger partial charge in [0.2, 0.25) is 5.71 Å². The van der Waals surface area contributed by atoms with E-state index in [1.165, 1.54) is 11.1 Å². The first-order chi connectivity index (χ1) is 10.2. The van der Waals surface area contributed by atoms with Crippen molar-refractivity contribution in [2.75, 3.05) is 0 Å². The molecule has 0 aliphatic heterocycles. The average molecular weight is 274 g/mol. The molecule has 3 nitrogen and oxygen atoms in total. The number of hydrogen-bond acceptors (Lipinski definition) is 3. The Morgan fingerprint density at radius 2 is 1.81 bits per heavy atom. The van der Waals surface area contributed by atoms with Crippen LogP contribution in [0.15, 0.2) is 53.2 Å². The van der Waals surface area contributed by atoms with Gasteiger partial charge in [-0.1, -0.05) is 6.07 Å². The van der Waals surface area contributed by atoms with E-state index in [9.17, 15) is 0 Å². The first-order valence-corrected chi connectivity index (χ1v) is 6.93. The molecule has 0 saturated carbocycles. The first-order valence-electron chi connectivity index (χ1n) is 6.93. The highest BCUT2D eigenvalue weighted by Crippen LogP contribution is 2.30. The molecule has 0 radical (unpaired) electrons. The van der Waals surface area contributed by atoms with Crippen LogP contribution >= 0.6 is 0 Å². The molecule has 0 fully saturated rings. The summed E-state index contributed by atoms with van der Waals surface area (Å²) >= 11 is 0. The number of furan rings is 1. The van der Waals surface area contributed by atoms with Gasteiger partial charge in [0.15, 0.2) is 0 Å². The second kappa shape index (κ2) is 4.42. The minimum atomic E-state index is 0.678. The van der Waals surface area contributed by atoms with Gasteiger partial charge in [0.1, 0.15) is 5.58 Å². The molecule has 0 atom stereocenters. The summed E-state index contributed by atoms with van der Waals surface area (Å²) in [5.74, 6) is 0. The summed E-state index contributed by atoms with van der Waals surface area (Å²) in [5.41, 5.74) is 6.00. The topological polar surface area (TPSA) is 38.9 Å². The van der Waals surface area contributed by atoms with Crippen LogP contribution < -0.4 is 0 Å². The second-order valence-electron chi connectivity index (χ2n) is 5.32. The molecule has 0 aliphatic rings. The monoisotopic (exact) mass is 274 g/mol. The first kappa shape index (κ1) is 12.1. The van der Waals surface area contributed by atoms with E-state index in [0.717, 1.165) is 27.6 Å². The molecule has 3 aromatic heterocycles. The van der Waals surface area contributed by atoms with Gasteiger partial charge in [-0.05, 0) is 55.3 Å². The number of aryl methyl sites for hydroxylation is 2. The molecule has 0 aliphatic carbocycles. The van der Waals surface area contributed by atoms with Crippen LogP contribution in [0.1, 0.15) is 11.1 Å². The number of nitrogens with zero attached hydrogens (tertiary/aromatic N) is 2. The number of fused-ring (bicyclic) bond motifs is 3. The van der Waals surface area contributed by atoms with E-state index in [2.05, 4.69) is 42.0 Å². The SMILES string of the molecule is Cc1cnc(-c2ccc3c(c2)oc2ncccc23)cc1C. The third-order valence-corrected chi connectivity index (χ3v) is 3.92. The third-order valence-electron chi connectivity index (χ3n) is 3.92. The van der Waals surface area contributed by atoms with Crippen LogP contribution in [0.2, 0.25) is 0 Å². The average Bonchev–Trinajstić information content (AvgIpc) is 2.87. The normalized spacial score (nSPS) is 11.3. The summed E-state index contributed by atoms with van der Waals surface area (Å²) in [6, 6.07) is 12.3. The lowest BCUT2D eigenvalue weighted by atomic mass is 10.1. The van der Waals surface area contributed by atoms with Crippen molar-refractivity contribution in [3.8, 4) is 11.3 Å². The molecule has 4 aromatic rings. The van der Waals surface area contributed by atoms with Gasteiger partial charge in [0.25, 0.3) is 0 Å². The summed E-state index contributed by atoms with van der Waals surface area (Å²) < 4.78 is 5.83. The zero-order valence-corrected chi connectivity index (χ0v) is 11.9. The Hall–Kier alpha value is -2.68. The number of pyridine rings is 2. The van der Waals surface area contributed by atoms with Gasteiger partial charge in [-0.3, -0.25) is 4.98 Å². The molecule has 0 spiro atoms. The molecule has 0 saturated heterocycles. The fraction of sp³-hybridized carbons (Fsp3) is 0.111. The molecule has 0 bridgehead atoms. The predicted octanol–water partition coefficient (Wildman–Crippen LogP) is 4.66. The summed E-state index contributed by atoms with van der Waals surface area (Å²) in [6.45, 7) is 4.17. The van der Waals surface area contributed by atoms with E-state index in [-0.39, 0.29) is 0 Å². The van der Waals surface area contributed by atoms with Crippen molar-refractivity contribution in [3.63, 3.8) is 0 Å². The van der Waals surface area contributed by atoms with Gasteiger partial charge in [-0.2, -0.15) is 0 Å². The van der Waals surface area contributed by atoms with Crippen molar-refractivity contribution in [2.24, 2.45) is 0 Å². The fourth-order valence-corrected chi connectivity index (χ4v) is 2.55. The Morgan fingerprint density at radius 1 is 0.905 bits per heavy atom. The Balaban J connectivity index is 1.94. The molecule has 0 amide bonds. The van der Waals surface area contributed by atoms with Crippen LogP contribution in [0.5, 0.6) is 0 Å². The van der Waals surface area contributed by atoms with Crippen molar-refractivity contribution in [2.45, 2.75) is 13.8 Å². The molecule has 0 N–H and O–H groups in total. The molecule has 0 unspecified atom stereocenters. The van der Waals surface area contributed by atoms with E-state index in [4.69, 9.17) is 4.42 Å².